The van der Waals surface area contributed by atoms with Crippen LogP contribution in [-0.2, 0) is 4.79 Å². The second-order valence-electron chi connectivity index (χ2n) is 4.46. The van der Waals surface area contributed by atoms with E-state index in [9.17, 15) is 4.79 Å². The molecular weight excluding hydrogens is 246 g/mol. The number of benzene rings is 1. The lowest BCUT2D eigenvalue weighted by Crippen LogP contribution is -2.14. The number of aliphatic hydroxyl groups excluding tert-OH is 1. The Balaban J connectivity index is 2.41. The van der Waals surface area contributed by atoms with E-state index in [0.29, 0.717) is 11.7 Å². The van der Waals surface area contributed by atoms with E-state index in [1.807, 2.05) is 18.2 Å². The van der Waals surface area contributed by atoms with Gasteiger partial charge in [0.05, 0.1) is 5.75 Å². The highest BCUT2D eigenvalue weighted by molar-refractivity contribution is 7.99. The monoisotopic (exact) mass is 267 g/mol. The Morgan fingerprint density at radius 2 is 2.22 bits per heavy atom. The number of rotatable bonds is 7. The third-order valence-corrected chi connectivity index (χ3v) is 3.56. The van der Waals surface area contributed by atoms with Crippen molar-refractivity contribution in [3.05, 3.63) is 29.8 Å². The van der Waals surface area contributed by atoms with Gasteiger partial charge < -0.3 is 10.4 Å². The van der Waals surface area contributed by atoms with Gasteiger partial charge in [-0.3, -0.25) is 4.79 Å². The summed E-state index contributed by atoms with van der Waals surface area (Å²) in [6.45, 7) is 4.45. The lowest BCUT2D eigenvalue weighted by atomic mass is 10.0. The van der Waals surface area contributed by atoms with Crippen molar-refractivity contribution in [1.29, 1.82) is 0 Å². The van der Waals surface area contributed by atoms with Crippen LogP contribution in [-0.4, -0.2) is 29.1 Å². The summed E-state index contributed by atoms with van der Waals surface area (Å²) in [5, 5.41) is 11.5. The largest absolute Gasteiger partial charge is 0.396 e. The molecule has 0 aliphatic carbocycles. The van der Waals surface area contributed by atoms with Crippen molar-refractivity contribution in [3.63, 3.8) is 0 Å². The molecule has 0 heterocycles. The van der Waals surface area contributed by atoms with E-state index in [-0.39, 0.29) is 12.5 Å². The van der Waals surface area contributed by atoms with Crippen LogP contribution in [0.1, 0.15) is 31.7 Å². The van der Waals surface area contributed by atoms with Crippen LogP contribution in [0.15, 0.2) is 24.3 Å². The van der Waals surface area contributed by atoms with Crippen molar-refractivity contribution >= 4 is 23.4 Å². The zero-order chi connectivity index (χ0) is 13.4. The third-order valence-electron chi connectivity index (χ3n) is 2.52. The number of thioether (sulfide) groups is 1. The first-order valence-corrected chi connectivity index (χ1v) is 7.37. The molecule has 0 unspecified atom stereocenters. The summed E-state index contributed by atoms with van der Waals surface area (Å²) in [4.78, 5) is 11.7. The molecule has 18 heavy (non-hydrogen) atoms. The van der Waals surface area contributed by atoms with Crippen molar-refractivity contribution in [2.45, 2.75) is 26.2 Å². The Labute approximate surface area is 113 Å². The lowest BCUT2D eigenvalue weighted by molar-refractivity contribution is -0.113. The summed E-state index contributed by atoms with van der Waals surface area (Å²) in [6.07, 6.45) is 0.737. The second kappa shape index (κ2) is 8.16. The van der Waals surface area contributed by atoms with Crippen LogP contribution in [0.3, 0.4) is 0 Å². The summed E-state index contributed by atoms with van der Waals surface area (Å²) in [7, 11) is 0. The van der Waals surface area contributed by atoms with Gasteiger partial charge in [-0.15, -0.1) is 0 Å². The minimum atomic E-state index is 0.0128. The average molecular weight is 267 g/mol. The number of aliphatic hydroxyl groups is 1. The predicted molar refractivity (Wildman–Crippen MR) is 78.2 cm³/mol. The van der Waals surface area contributed by atoms with Crippen LogP contribution in [0.25, 0.3) is 0 Å². The molecule has 0 bridgehead atoms. The van der Waals surface area contributed by atoms with Gasteiger partial charge in [0.1, 0.15) is 0 Å². The highest BCUT2D eigenvalue weighted by atomic mass is 32.2. The number of hydrogen-bond donors (Lipinski definition) is 2. The van der Waals surface area contributed by atoms with Crippen LogP contribution in [0.4, 0.5) is 5.69 Å². The Hall–Kier alpha value is -1.00. The van der Waals surface area contributed by atoms with Crippen LogP contribution in [0, 0.1) is 0 Å². The van der Waals surface area contributed by atoms with E-state index in [0.717, 1.165) is 17.9 Å². The van der Waals surface area contributed by atoms with Crippen molar-refractivity contribution in [3.8, 4) is 0 Å². The van der Waals surface area contributed by atoms with E-state index in [1.54, 1.807) is 11.8 Å². The maximum Gasteiger partial charge on any atom is 0.234 e. The zero-order valence-electron chi connectivity index (χ0n) is 11.0. The van der Waals surface area contributed by atoms with E-state index < -0.39 is 0 Å². The van der Waals surface area contributed by atoms with Crippen LogP contribution >= 0.6 is 11.8 Å². The molecule has 1 amide bonds. The summed E-state index contributed by atoms with van der Waals surface area (Å²) in [6, 6.07) is 7.95. The van der Waals surface area contributed by atoms with Gasteiger partial charge in [0, 0.05) is 12.3 Å². The Morgan fingerprint density at radius 3 is 2.89 bits per heavy atom. The highest BCUT2D eigenvalue weighted by Crippen LogP contribution is 2.18. The van der Waals surface area contributed by atoms with Crippen LogP contribution < -0.4 is 5.32 Å². The fourth-order valence-corrected chi connectivity index (χ4v) is 2.24. The van der Waals surface area contributed by atoms with E-state index in [2.05, 4.69) is 25.2 Å². The van der Waals surface area contributed by atoms with Crippen molar-refractivity contribution in [1.82, 2.24) is 0 Å². The van der Waals surface area contributed by atoms with Crippen LogP contribution in [0.5, 0.6) is 0 Å². The summed E-state index contributed by atoms with van der Waals surface area (Å²) < 4.78 is 0. The maximum atomic E-state index is 11.7. The minimum Gasteiger partial charge on any atom is -0.396 e. The number of nitrogens with one attached hydrogen (secondary N) is 1. The van der Waals surface area contributed by atoms with Gasteiger partial charge in [-0.05, 0) is 35.8 Å². The molecule has 1 aromatic carbocycles. The molecule has 0 spiro atoms. The second-order valence-corrected chi connectivity index (χ2v) is 5.56. The molecule has 3 nitrogen and oxygen atoms in total. The SMILES string of the molecule is CC(C)c1cccc(NC(=O)CSCCCO)c1. The molecule has 0 aliphatic rings. The minimum absolute atomic E-state index is 0.0128. The third kappa shape index (κ3) is 5.56. The van der Waals surface area contributed by atoms with Crippen molar-refractivity contribution in [2.24, 2.45) is 0 Å². The molecule has 1 rings (SSSR count). The van der Waals surface area contributed by atoms with Gasteiger partial charge in [-0.25, -0.2) is 0 Å². The number of amides is 1. The van der Waals surface area contributed by atoms with Gasteiger partial charge in [-0.1, -0.05) is 26.0 Å². The molecular formula is C14H21NO2S. The Kier molecular flexibility index (Phi) is 6.83. The first-order chi connectivity index (χ1) is 8.63. The smallest absolute Gasteiger partial charge is 0.234 e. The van der Waals surface area contributed by atoms with Gasteiger partial charge in [0.25, 0.3) is 0 Å². The predicted octanol–water partition coefficient (Wildman–Crippen LogP) is 2.86. The fraction of sp³-hybridized carbons (Fsp3) is 0.500. The summed E-state index contributed by atoms with van der Waals surface area (Å²) >= 11 is 1.54. The molecule has 2 N–H and O–H groups in total. The zero-order valence-corrected chi connectivity index (χ0v) is 11.8. The number of carbonyl (C=O) groups is 1. The standard InChI is InChI=1S/C14H21NO2S/c1-11(2)12-5-3-6-13(9-12)15-14(17)10-18-8-4-7-16/h3,5-6,9,11,16H,4,7-8,10H2,1-2H3,(H,15,17). The maximum absolute atomic E-state index is 11.7. The molecule has 0 atom stereocenters. The molecule has 1 aromatic rings. The lowest BCUT2D eigenvalue weighted by Gasteiger charge is -2.09. The molecule has 0 saturated heterocycles. The Bertz CT molecular complexity index is 380. The number of anilines is 1. The molecule has 0 aliphatic heterocycles. The number of carbonyl (C=O) groups excluding carboxylic acids is 1. The average Bonchev–Trinajstić information content (AvgIpc) is 2.35. The van der Waals surface area contributed by atoms with Crippen molar-refractivity contribution < 1.29 is 9.90 Å². The number of hydrogen-bond acceptors (Lipinski definition) is 3. The van der Waals surface area contributed by atoms with Crippen LogP contribution in [0.2, 0.25) is 0 Å². The first kappa shape index (κ1) is 15.1. The fourth-order valence-electron chi connectivity index (χ4n) is 1.50. The molecule has 0 radical (unpaired) electrons. The van der Waals surface area contributed by atoms with E-state index >= 15 is 0 Å². The van der Waals surface area contributed by atoms with Gasteiger partial charge in [-0.2, -0.15) is 11.8 Å². The first-order valence-electron chi connectivity index (χ1n) is 6.22. The molecule has 0 fully saturated rings. The molecule has 0 saturated carbocycles. The Morgan fingerprint density at radius 1 is 1.44 bits per heavy atom. The van der Waals surface area contributed by atoms with Gasteiger partial charge >= 0.3 is 0 Å². The van der Waals surface area contributed by atoms with Crippen molar-refractivity contribution in [2.75, 3.05) is 23.4 Å². The molecule has 0 aromatic heterocycles. The van der Waals surface area contributed by atoms with E-state index in [1.165, 1.54) is 5.56 Å². The highest BCUT2D eigenvalue weighted by Gasteiger charge is 2.04. The topological polar surface area (TPSA) is 49.3 Å². The summed E-state index contributed by atoms with van der Waals surface area (Å²) in [5.41, 5.74) is 2.08. The van der Waals surface area contributed by atoms with Gasteiger partial charge in [0.2, 0.25) is 5.91 Å². The molecule has 100 valence electrons. The van der Waals surface area contributed by atoms with E-state index in [4.69, 9.17) is 5.11 Å². The summed E-state index contributed by atoms with van der Waals surface area (Å²) in [5.74, 6) is 1.72. The molecule has 4 heteroatoms. The van der Waals surface area contributed by atoms with Gasteiger partial charge in [0.15, 0.2) is 0 Å². The normalized spacial score (nSPS) is 10.7. The quantitative estimate of drug-likeness (QED) is 0.747.